The highest BCUT2D eigenvalue weighted by molar-refractivity contribution is 6.08. The monoisotopic (exact) mass is 318 g/mol. The Morgan fingerprint density at radius 2 is 2.00 bits per heavy atom. The fourth-order valence-electron chi connectivity index (χ4n) is 3.10. The number of carbonyl (C=O) groups excluding carboxylic acids is 1. The highest BCUT2D eigenvalue weighted by Crippen LogP contribution is 2.24. The number of aryl methyl sites for hydroxylation is 2. The zero-order valence-electron chi connectivity index (χ0n) is 13.3. The molecule has 5 heteroatoms. The van der Waals surface area contributed by atoms with E-state index in [1.165, 1.54) is 12.1 Å². The molecule has 0 fully saturated rings. The molecule has 1 aliphatic heterocycles. The van der Waals surface area contributed by atoms with E-state index in [1.54, 1.807) is 18.5 Å². The SMILES string of the molecule is O=C(Nc1cc2n(n1)CCCC2)c1ccncc1-c1ccccc1. The minimum Gasteiger partial charge on any atom is -0.305 e. The summed E-state index contributed by atoms with van der Waals surface area (Å²) in [5.74, 6) is 0.458. The van der Waals surface area contributed by atoms with Crippen LogP contribution in [0.1, 0.15) is 28.9 Å². The van der Waals surface area contributed by atoms with E-state index >= 15 is 0 Å². The third-order valence-electron chi connectivity index (χ3n) is 4.31. The van der Waals surface area contributed by atoms with Gasteiger partial charge < -0.3 is 5.32 Å². The van der Waals surface area contributed by atoms with Gasteiger partial charge in [-0.3, -0.25) is 14.5 Å². The van der Waals surface area contributed by atoms with Gasteiger partial charge in [0.15, 0.2) is 5.82 Å². The summed E-state index contributed by atoms with van der Waals surface area (Å²) in [6.07, 6.45) is 6.71. The standard InChI is InChI=1S/C19H18N4O/c24-19(21-18-12-15-8-4-5-11-23(15)22-18)16-9-10-20-13-17(16)14-6-2-1-3-7-14/h1-3,6-7,9-10,12-13H,4-5,8,11H2,(H,21,22,24). The lowest BCUT2D eigenvalue weighted by Gasteiger charge is -2.11. The lowest BCUT2D eigenvalue weighted by Crippen LogP contribution is -2.14. The van der Waals surface area contributed by atoms with Crippen molar-refractivity contribution in [3.05, 3.63) is 66.1 Å². The Morgan fingerprint density at radius 1 is 1.12 bits per heavy atom. The number of benzene rings is 1. The third kappa shape index (κ3) is 2.80. The van der Waals surface area contributed by atoms with Crippen molar-refractivity contribution in [2.24, 2.45) is 0 Å². The molecule has 0 saturated heterocycles. The Kier molecular flexibility index (Phi) is 3.83. The molecule has 0 saturated carbocycles. The third-order valence-corrected chi connectivity index (χ3v) is 4.31. The predicted octanol–water partition coefficient (Wildman–Crippen LogP) is 3.53. The van der Waals surface area contributed by atoms with Crippen LogP contribution in [0, 0.1) is 0 Å². The summed E-state index contributed by atoms with van der Waals surface area (Å²) in [5, 5.41) is 7.41. The van der Waals surface area contributed by atoms with E-state index in [4.69, 9.17) is 0 Å². The van der Waals surface area contributed by atoms with Gasteiger partial charge in [0.25, 0.3) is 5.91 Å². The van der Waals surface area contributed by atoms with E-state index in [-0.39, 0.29) is 5.91 Å². The van der Waals surface area contributed by atoms with E-state index < -0.39 is 0 Å². The zero-order chi connectivity index (χ0) is 16.4. The van der Waals surface area contributed by atoms with Gasteiger partial charge in [0.05, 0.1) is 5.56 Å². The summed E-state index contributed by atoms with van der Waals surface area (Å²) in [4.78, 5) is 16.9. The minimum absolute atomic E-state index is 0.160. The second kappa shape index (κ2) is 6.28. The van der Waals surface area contributed by atoms with E-state index in [0.29, 0.717) is 11.4 Å². The molecule has 0 bridgehead atoms. The largest absolute Gasteiger partial charge is 0.305 e. The number of nitrogens with zero attached hydrogens (tertiary/aromatic N) is 3. The molecule has 120 valence electrons. The van der Waals surface area contributed by atoms with Crippen LogP contribution in [0.5, 0.6) is 0 Å². The van der Waals surface area contributed by atoms with Gasteiger partial charge in [0, 0.05) is 36.3 Å². The Bertz CT molecular complexity index is 847. The quantitative estimate of drug-likeness (QED) is 0.803. The molecule has 24 heavy (non-hydrogen) atoms. The molecular weight excluding hydrogens is 300 g/mol. The van der Waals surface area contributed by atoms with Gasteiger partial charge in [-0.15, -0.1) is 0 Å². The van der Waals surface area contributed by atoms with Crippen molar-refractivity contribution in [2.75, 3.05) is 5.32 Å². The summed E-state index contributed by atoms with van der Waals surface area (Å²) in [7, 11) is 0. The Labute approximate surface area is 140 Å². The zero-order valence-corrected chi connectivity index (χ0v) is 13.3. The van der Waals surface area contributed by atoms with Crippen LogP contribution >= 0.6 is 0 Å². The fourth-order valence-corrected chi connectivity index (χ4v) is 3.10. The number of anilines is 1. The van der Waals surface area contributed by atoms with Crippen molar-refractivity contribution >= 4 is 11.7 Å². The molecule has 5 nitrogen and oxygen atoms in total. The lowest BCUT2D eigenvalue weighted by molar-refractivity contribution is 0.102. The molecule has 0 aliphatic carbocycles. The number of hydrogen-bond donors (Lipinski definition) is 1. The van der Waals surface area contributed by atoms with Gasteiger partial charge in [-0.05, 0) is 30.9 Å². The maximum atomic E-state index is 12.7. The predicted molar refractivity (Wildman–Crippen MR) is 92.8 cm³/mol. The lowest BCUT2D eigenvalue weighted by atomic mass is 10.0. The molecule has 4 rings (SSSR count). The second-order valence-electron chi connectivity index (χ2n) is 5.94. The van der Waals surface area contributed by atoms with Gasteiger partial charge in [-0.2, -0.15) is 5.10 Å². The Balaban J connectivity index is 1.62. The highest BCUT2D eigenvalue weighted by atomic mass is 16.1. The topological polar surface area (TPSA) is 59.8 Å². The van der Waals surface area contributed by atoms with Crippen LogP contribution in [0.15, 0.2) is 54.9 Å². The van der Waals surface area contributed by atoms with E-state index in [9.17, 15) is 4.79 Å². The van der Waals surface area contributed by atoms with Gasteiger partial charge in [0.2, 0.25) is 0 Å². The molecule has 0 spiro atoms. The van der Waals surface area contributed by atoms with Crippen LogP contribution in [-0.2, 0) is 13.0 Å². The van der Waals surface area contributed by atoms with Crippen molar-refractivity contribution in [1.29, 1.82) is 0 Å². The van der Waals surface area contributed by atoms with Crippen molar-refractivity contribution in [3.8, 4) is 11.1 Å². The molecule has 0 radical (unpaired) electrons. The fraction of sp³-hybridized carbons (Fsp3) is 0.211. The molecule has 1 aromatic carbocycles. The number of carbonyl (C=O) groups is 1. The van der Waals surface area contributed by atoms with Crippen molar-refractivity contribution in [3.63, 3.8) is 0 Å². The second-order valence-corrected chi connectivity index (χ2v) is 5.94. The first-order valence-corrected chi connectivity index (χ1v) is 8.19. The molecular formula is C19H18N4O. The number of hydrogen-bond acceptors (Lipinski definition) is 3. The molecule has 1 aliphatic rings. The molecule has 3 aromatic rings. The molecule has 0 atom stereocenters. The van der Waals surface area contributed by atoms with Gasteiger partial charge in [-0.1, -0.05) is 30.3 Å². The van der Waals surface area contributed by atoms with Gasteiger partial charge >= 0.3 is 0 Å². The van der Waals surface area contributed by atoms with Gasteiger partial charge in [-0.25, -0.2) is 0 Å². The first kappa shape index (κ1) is 14.6. The minimum atomic E-state index is -0.160. The van der Waals surface area contributed by atoms with E-state index in [2.05, 4.69) is 15.4 Å². The van der Waals surface area contributed by atoms with Crippen LogP contribution in [0.4, 0.5) is 5.82 Å². The van der Waals surface area contributed by atoms with Crippen molar-refractivity contribution in [1.82, 2.24) is 14.8 Å². The normalized spacial score (nSPS) is 13.3. The average Bonchev–Trinajstić information content (AvgIpc) is 3.04. The van der Waals surface area contributed by atoms with Crippen LogP contribution in [0.3, 0.4) is 0 Å². The Morgan fingerprint density at radius 3 is 2.83 bits per heavy atom. The summed E-state index contributed by atoms with van der Waals surface area (Å²) in [6, 6.07) is 13.5. The molecule has 2 aromatic heterocycles. The van der Waals surface area contributed by atoms with E-state index in [0.717, 1.165) is 30.5 Å². The average molecular weight is 318 g/mol. The number of aromatic nitrogens is 3. The highest BCUT2D eigenvalue weighted by Gasteiger charge is 2.17. The van der Waals surface area contributed by atoms with E-state index in [1.807, 2.05) is 41.1 Å². The molecule has 1 amide bonds. The van der Waals surface area contributed by atoms with Gasteiger partial charge in [0.1, 0.15) is 0 Å². The summed E-state index contributed by atoms with van der Waals surface area (Å²) < 4.78 is 1.99. The number of amides is 1. The first-order chi connectivity index (χ1) is 11.8. The smallest absolute Gasteiger partial charge is 0.257 e. The molecule has 0 unspecified atom stereocenters. The maximum absolute atomic E-state index is 12.7. The van der Waals surface area contributed by atoms with Crippen LogP contribution in [-0.4, -0.2) is 20.7 Å². The number of nitrogens with one attached hydrogen (secondary N) is 1. The maximum Gasteiger partial charge on any atom is 0.257 e. The molecule has 3 heterocycles. The number of rotatable bonds is 3. The van der Waals surface area contributed by atoms with Crippen LogP contribution < -0.4 is 5.32 Å². The number of pyridine rings is 1. The van der Waals surface area contributed by atoms with Crippen molar-refractivity contribution in [2.45, 2.75) is 25.8 Å². The summed E-state index contributed by atoms with van der Waals surface area (Å²) >= 11 is 0. The summed E-state index contributed by atoms with van der Waals surface area (Å²) in [6.45, 7) is 0.926. The van der Waals surface area contributed by atoms with Crippen molar-refractivity contribution < 1.29 is 4.79 Å². The van der Waals surface area contributed by atoms with Crippen LogP contribution in [0.2, 0.25) is 0 Å². The first-order valence-electron chi connectivity index (χ1n) is 8.19. The number of fused-ring (bicyclic) bond motifs is 1. The summed E-state index contributed by atoms with van der Waals surface area (Å²) in [5.41, 5.74) is 3.58. The molecule has 1 N–H and O–H groups in total. The Hall–Kier alpha value is -2.95. The van der Waals surface area contributed by atoms with Crippen LogP contribution in [0.25, 0.3) is 11.1 Å².